The molecule has 0 amide bonds. The van der Waals surface area contributed by atoms with Crippen molar-refractivity contribution < 1.29 is 4.74 Å². The molecule has 1 aromatic heterocycles. The van der Waals surface area contributed by atoms with Gasteiger partial charge in [0.15, 0.2) is 0 Å². The Bertz CT molecular complexity index is 513. The monoisotopic (exact) mass is 261 g/mol. The number of halogens is 1. The molecule has 0 saturated carbocycles. The topological polar surface area (TPSA) is 22.1 Å². The van der Waals surface area contributed by atoms with Crippen molar-refractivity contribution >= 4 is 11.6 Å². The van der Waals surface area contributed by atoms with E-state index in [2.05, 4.69) is 4.98 Å². The highest BCUT2D eigenvalue weighted by molar-refractivity contribution is 6.31. The molecule has 1 heterocycles. The number of pyridine rings is 1. The van der Waals surface area contributed by atoms with E-state index >= 15 is 0 Å². The first-order chi connectivity index (χ1) is 8.66. The first-order valence-corrected chi connectivity index (χ1v) is 6.32. The number of ether oxygens (including phenoxy) is 1. The molecular weight excluding hydrogens is 246 g/mol. The molecule has 2 aromatic rings. The van der Waals surface area contributed by atoms with Gasteiger partial charge in [0.05, 0.1) is 23.4 Å². The molecular formula is C15H16ClNO. The van der Waals surface area contributed by atoms with Crippen LogP contribution < -0.4 is 0 Å². The molecule has 1 atom stereocenters. The quantitative estimate of drug-likeness (QED) is 0.818. The van der Waals surface area contributed by atoms with E-state index in [1.54, 1.807) is 0 Å². The number of benzene rings is 1. The Morgan fingerprint density at radius 3 is 2.67 bits per heavy atom. The molecule has 1 unspecified atom stereocenters. The third-order valence-electron chi connectivity index (χ3n) is 2.86. The molecule has 0 saturated heterocycles. The Hall–Kier alpha value is -1.38. The lowest BCUT2D eigenvalue weighted by Gasteiger charge is -2.14. The predicted molar refractivity (Wildman–Crippen MR) is 73.6 cm³/mol. The summed E-state index contributed by atoms with van der Waals surface area (Å²) in [7, 11) is 0. The molecule has 94 valence electrons. The third kappa shape index (κ3) is 3.31. The Balaban J connectivity index is 1.99. The van der Waals surface area contributed by atoms with E-state index in [0.717, 1.165) is 16.8 Å². The predicted octanol–water partition coefficient (Wildman–Crippen LogP) is 4.32. The highest BCUT2D eigenvalue weighted by atomic mass is 35.5. The summed E-state index contributed by atoms with van der Waals surface area (Å²) in [4.78, 5) is 4.24. The van der Waals surface area contributed by atoms with Gasteiger partial charge in [0.1, 0.15) is 0 Å². The highest BCUT2D eigenvalue weighted by Crippen LogP contribution is 2.22. The maximum Gasteiger partial charge on any atom is 0.0816 e. The van der Waals surface area contributed by atoms with Crippen LogP contribution >= 0.6 is 11.6 Å². The standard InChI is InChI=1S/C15H16ClNO/c1-11-15(16)8-14(9-17-11)12(2)18-10-13-6-4-3-5-7-13/h3-9,12H,10H2,1-2H3. The molecule has 18 heavy (non-hydrogen) atoms. The summed E-state index contributed by atoms with van der Waals surface area (Å²) >= 11 is 6.06. The summed E-state index contributed by atoms with van der Waals surface area (Å²) in [6, 6.07) is 12.0. The Morgan fingerprint density at radius 1 is 1.28 bits per heavy atom. The largest absolute Gasteiger partial charge is 0.369 e. The van der Waals surface area contributed by atoms with Gasteiger partial charge in [-0.3, -0.25) is 4.98 Å². The van der Waals surface area contributed by atoms with E-state index < -0.39 is 0 Å². The average molecular weight is 262 g/mol. The van der Waals surface area contributed by atoms with Crippen molar-refractivity contribution in [2.45, 2.75) is 26.6 Å². The van der Waals surface area contributed by atoms with Crippen molar-refractivity contribution in [2.24, 2.45) is 0 Å². The summed E-state index contributed by atoms with van der Waals surface area (Å²) in [5.74, 6) is 0. The Labute approximate surface area is 113 Å². The van der Waals surface area contributed by atoms with E-state index in [-0.39, 0.29) is 6.10 Å². The van der Waals surface area contributed by atoms with Crippen molar-refractivity contribution in [3.05, 3.63) is 64.4 Å². The van der Waals surface area contributed by atoms with E-state index in [4.69, 9.17) is 16.3 Å². The first kappa shape index (κ1) is 13.1. The number of rotatable bonds is 4. The zero-order chi connectivity index (χ0) is 13.0. The van der Waals surface area contributed by atoms with Gasteiger partial charge in [-0.05, 0) is 25.5 Å². The van der Waals surface area contributed by atoms with Gasteiger partial charge in [-0.15, -0.1) is 0 Å². The van der Waals surface area contributed by atoms with Gasteiger partial charge < -0.3 is 4.74 Å². The fourth-order valence-electron chi connectivity index (χ4n) is 1.64. The second-order valence-electron chi connectivity index (χ2n) is 4.27. The molecule has 1 aromatic carbocycles. The van der Waals surface area contributed by atoms with Crippen LogP contribution in [0, 0.1) is 6.92 Å². The summed E-state index contributed by atoms with van der Waals surface area (Å²) < 4.78 is 5.81. The van der Waals surface area contributed by atoms with Gasteiger partial charge in [0.25, 0.3) is 0 Å². The third-order valence-corrected chi connectivity index (χ3v) is 3.24. The smallest absolute Gasteiger partial charge is 0.0816 e. The summed E-state index contributed by atoms with van der Waals surface area (Å²) in [6.45, 7) is 4.49. The molecule has 2 rings (SSSR count). The van der Waals surface area contributed by atoms with Crippen molar-refractivity contribution in [2.75, 3.05) is 0 Å². The van der Waals surface area contributed by atoms with Gasteiger partial charge >= 0.3 is 0 Å². The maximum absolute atomic E-state index is 6.06. The Kier molecular flexibility index (Phi) is 4.34. The fourth-order valence-corrected chi connectivity index (χ4v) is 1.81. The number of aryl methyl sites for hydroxylation is 1. The molecule has 0 spiro atoms. The molecule has 0 fully saturated rings. The average Bonchev–Trinajstić information content (AvgIpc) is 2.40. The second-order valence-corrected chi connectivity index (χ2v) is 4.68. The van der Waals surface area contributed by atoms with Gasteiger partial charge in [0.2, 0.25) is 0 Å². The maximum atomic E-state index is 6.06. The lowest BCUT2D eigenvalue weighted by molar-refractivity contribution is 0.0523. The number of hydrogen-bond acceptors (Lipinski definition) is 2. The fraction of sp³-hybridized carbons (Fsp3) is 0.267. The van der Waals surface area contributed by atoms with Gasteiger partial charge in [-0.1, -0.05) is 41.9 Å². The van der Waals surface area contributed by atoms with Crippen LogP contribution in [0.3, 0.4) is 0 Å². The minimum atomic E-state index is -0.0178. The molecule has 3 heteroatoms. The molecule has 2 nitrogen and oxygen atoms in total. The summed E-state index contributed by atoms with van der Waals surface area (Å²) in [5, 5.41) is 0.683. The second kappa shape index (κ2) is 5.98. The lowest BCUT2D eigenvalue weighted by Crippen LogP contribution is -2.01. The first-order valence-electron chi connectivity index (χ1n) is 5.94. The van der Waals surface area contributed by atoms with Crippen molar-refractivity contribution in [3.8, 4) is 0 Å². The minimum Gasteiger partial charge on any atom is -0.369 e. The van der Waals surface area contributed by atoms with E-state index in [1.165, 1.54) is 0 Å². The summed E-state index contributed by atoms with van der Waals surface area (Å²) in [5.41, 5.74) is 3.01. The van der Waals surface area contributed by atoms with Crippen molar-refractivity contribution in [3.63, 3.8) is 0 Å². The molecule has 0 aliphatic heterocycles. The highest BCUT2D eigenvalue weighted by Gasteiger charge is 2.08. The van der Waals surface area contributed by atoms with Crippen molar-refractivity contribution in [1.82, 2.24) is 4.98 Å². The Morgan fingerprint density at radius 2 is 2.00 bits per heavy atom. The van der Waals surface area contributed by atoms with Crippen LogP contribution in [0.25, 0.3) is 0 Å². The van der Waals surface area contributed by atoms with Crippen LogP contribution in [-0.2, 0) is 11.3 Å². The van der Waals surface area contributed by atoms with Crippen molar-refractivity contribution in [1.29, 1.82) is 0 Å². The number of aromatic nitrogens is 1. The number of nitrogens with zero attached hydrogens (tertiary/aromatic N) is 1. The van der Waals surface area contributed by atoms with Crippen LogP contribution in [0.4, 0.5) is 0 Å². The lowest BCUT2D eigenvalue weighted by atomic mass is 10.1. The minimum absolute atomic E-state index is 0.0178. The van der Waals surface area contributed by atoms with Gasteiger partial charge in [-0.25, -0.2) is 0 Å². The zero-order valence-corrected chi connectivity index (χ0v) is 11.3. The van der Waals surface area contributed by atoms with E-state index in [0.29, 0.717) is 11.6 Å². The van der Waals surface area contributed by atoms with E-state index in [9.17, 15) is 0 Å². The SMILES string of the molecule is Cc1ncc(C(C)OCc2ccccc2)cc1Cl. The van der Waals surface area contributed by atoms with E-state index in [1.807, 2.05) is 56.4 Å². The normalized spacial score (nSPS) is 12.4. The molecule has 0 radical (unpaired) electrons. The number of hydrogen-bond donors (Lipinski definition) is 0. The van der Waals surface area contributed by atoms with Gasteiger partial charge in [0, 0.05) is 11.8 Å². The van der Waals surface area contributed by atoms with Crippen LogP contribution in [0.2, 0.25) is 5.02 Å². The van der Waals surface area contributed by atoms with Crippen LogP contribution in [0.1, 0.15) is 29.8 Å². The van der Waals surface area contributed by atoms with Crippen LogP contribution in [0.15, 0.2) is 42.6 Å². The zero-order valence-electron chi connectivity index (χ0n) is 10.6. The molecule has 0 aliphatic rings. The molecule has 0 N–H and O–H groups in total. The van der Waals surface area contributed by atoms with Crippen LogP contribution in [0.5, 0.6) is 0 Å². The van der Waals surface area contributed by atoms with Crippen LogP contribution in [-0.4, -0.2) is 4.98 Å². The molecule has 0 aliphatic carbocycles. The summed E-state index contributed by atoms with van der Waals surface area (Å²) in [6.07, 6.45) is 1.80. The van der Waals surface area contributed by atoms with Gasteiger partial charge in [-0.2, -0.15) is 0 Å². The molecule has 0 bridgehead atoms.